The zero-order chi connectivity index (χ0) is 27.1. The van der Waals surface area contributed by atoms with Crippen molar-refractivity contribution >= 4 is 23.2 Å². The van der Waals surface area contributed by atoms with Gasteiger partial charge in [-0.2, -0.15) is 18.4 Å². The highest BCUT2D eigenvalue weighted by molar-refractivity contribution is 6.11. The summed E-state index contributed by atoms with van der Waals surface area (Å²) < 4.78 is 39.1. The Bertz CT molecular complexity index is 1460. The van der Waals surface area contributed by atoms with Crippen LogP contribution >= 0.6 is 0 Å². The molecule has 0 saturated carbocycles. The molecule has 2 saturated heterocycles. The predicted molar refractivity (Wildman–Crippen MR) is 135 cm³/mol. The van der Waals surface area contributed by atoms with Crippen LogP contribution in [0.3, 0.4) is 0 Å². The highest BCUT2D eigenvalue weighted by Crippen LogP contribution is 2.39. The second-order valence-corrected chi connectivity index (χ2v) is 9.30. The molecule has 0 aliphatic carbocycles. The van der Waals surface area contributed by atoms with Crippen LogP contribution in [-0.4, -0.2) is 41.9 Å². The van der Waals surface area contributed by atoms with E-state index in [2.05, 4.69) is 12.0 Å². The Morgan fingerprint density at radius 2 is 1.45 bits per heavy atom. The van der Waals surface area contributed by atoms with E-state index in [-0.39, 0.29) is 38.0 Å². The van der Waals surface area contributed by atoms with Crippen LogP contribution < -0.4 is 9.80 Å². The molecule has 38 heavy (non-hydrogen) atoms. The Balaban J connectivity index is 1.46. The zero-order valence-electron chi connectivity index (χ0n) is 20.1. The third-order valence-corrected chi connectivity index (χ3v) is 6.99. The lowest BCUT2D eigenvalue weighted by molar-refractivity contribution is -0.153. The van der Waals surface area contributed by atoms with Crippen molar-refractivity contribution in [2.45, 2.75) is 18.3 Å². The first-order valence-corrected chi connectivity index (χ1v) is 11.7. The number of carbonyl (C=O) groups excluding carboxylic acids is 2. The fraction of sp³-hybridized carbons (Fsp3) is 0.207. The molecule has 3 aromatic rings. The Kier molecular flexibility index (Phi) is 6.08. The largest absolute Gasteiger partial charge is 0.416 e. The quantitative estimate of drug-likeness (QED) is 0.490. The number of carbonyl (C=O) groups is 2. The second kappa shape index (κ2) is 9.28. The van der Waals surface area contributed by atoms with Gasteiger partial charge < -0.3 is 14.7 Å². The summed E-state index contributed by atoms with van der Waals surface area (Å²) in [5.74, 6) is 1.93. The van der Waals surface area contributed by atoms with E-state index in [0.717, 1.165) is 17.8 Å². The molecule has 0 aromatic heterocycles. The summed E-state index contributed by atoms with van der Waals surface area (Å²) in [6.07, 6.45) is 0.967. The van der Waals surface area contributed by atoms with Gasteiger partial charge in [-0.3, -0.25) is 9.59 Å². The highest BCUT2D eigenvalue weighted by atomic mass is 19.4. The summed E-state index contributed by atoms with van der Waals surface area (Å²) in [6, 6.07) is 20.3. The minimum Gasteiger partial charge on any atom is -0.366 e. The van der Waals surface area contributed by atoms with Crippen molar-refractivity contribution < 1.29 is 22.8 Å². The number of amides is 2. The third kappa shape index (κ3) is 4.33. The predicted octanol–water partition coefficient (Wildman–Crippen LogP) is 4.19. The SMILES string of the molecule is C#Cc1ccc(N2CC(=O)N(Cc3ccc(C(F)(F)F)cc3)C3(CN(c4ccc(C#N)cc4)C3)C2=O)cc1. The van der Waals surface area contributed by atoms with E-state index in [1.807, 2.05) is 4.90 Å². The number of halogens is 3. The topological polar surface area (TPSA) is 67.7 Å². The Labute approximate surface area is 217 Å². The Morgan fingerprint density at radius 3 is 2.00 bits per heavy atom. The Morgan fingerprint density at radius 1 is 0.868 bits per heavy atom. The van der Waals surface area contributed by atoms with Crippen LogP contribution in [0.4, 0.5) is 24.5 Å². The maximum absolute atomic E-state index is 14.0. The van der Waals surface area contributed by atoms with Crippen LogP contribution in [0.2, 0.25) is 0 Å². The van der Waals surface area contributed by atoms with E-state index in [0.29, 0.717) is 22.4 Å². The summed E-state index contributed by atoms with van der Waals surface area (Å²) in [5.41, 5.74) is 0.956. The van der Waals surface area contributed by atoms with Crippen molar-refractivity contribution in [3.8, 4) is 18.4 Å². The third-order valence-electron chi connectivity index (χ3n) is 6.99. The van der Waals surface area contributed by atoms with E-state index >= 15 is 0 Å². The molecule has 0 N–H and O–H groups in total. The van der Waals surface area contributed by atoms with Gasteiger partial charge in [-0.05, 0) is 66.2 Å². The summed E-state index contributed by atoms with van der Waals surface area (Å²) in [5, 5.41) is 9.08. The number of hydrogen-bond acceptors (Lipinski definition) is 4. The van der Waals surface area contributed by atoms with Gasteiger partial charge >= 0.3 is 6.18 Å². The monoisotopic (exact) mass is 514 g/mol. The van der Waals surface area contributed by atoms with E-state index in [4.69, 9.17) is 11.7 Å². The van der Waals surface area contributed by atoms with E-state index in [9.17, 15) is 22.8 Å². The molecule has 2 aliphatic rings. The van der Waals surface area contributed by atoms with Gasteiger partial charge in [-0.25, -0.2) is 0 Å². The summed E-state index contributed by atoms with van der Waals surface area (Å²) in [4.78, 5) is 32.3. The smallest absolute Gasteiger partial charge is 0.366 e. The molecule has 2 heterocycles. The standard InChI is InChI=1S/C29H21F3N4O2/c1-2-20-5-13-25(14-6-20)35-17-26(37)36(16-22-3-9-23(10-4-22)29(30,31)32)28(27(35)38)18-34(19-28)24-11-7-21(15-33)8-12-24/h1,3-14H,16-19H2. The van der Waals surface area contributed by atoms with E-state index in [1.54, 1.807) is 48.5 Å². The first-order valence-electron chi connectivity index (χ1n) is 11.7. The molecule has 0 unspecified atom stereocenters. The van der Waals surface area contributed by atoms with Crippen molar-refractivity contribution in [3.05, 3.63) is 95.1 Å². The van der Waals surface area contributed by atoms with Gasteiger partial charge in [0.25, 0.3) is 5.91 Å². The molecule has 6 nitrogen and oxygen atoms in total. The molecule has 0 atom stereocenters. The number of hydrogen-bond donors (Lipinski definition) is 0. The molecule has 3 aromatic carbocycles. The fourth-order valence-electron chi connectivity index (χ4n) is 4.89. The van der Waals surface area contributed by atoms with Crippen LogP contribution in [0.1, 0.15) is 22.3 Å². The summed E-state index contributed by atoms with van der Waals surface area (Å²) in [6.45, 7) is 0.188. The molecular weight excluding hydrogens is 493 g/mol. The van der Waals surface area contributed by atoms with E-state index < -0.39 is 17.3 Å². The minimum atomic E-state index is -4.47. The fourth-order valence-corrected chi connectivity index (χ4v) is 4.89. The van der Waals surface area contributed by atoms with Crippen LogP contribution in [0.5, 0.6) is 0 Å². The second-order valence-electron chi connectivity index (χ2n) is 9.30. The van der Waals surface area contributed by atoms with Crippen molar-refractivity contribution in [2.75, 3.05) is 29.4 Å². The van der Waals surface area contributed by atoms with Gasteiger partial charge in [-0.1, -0.05) is 18.1 Å². The lowest BCUT2D eigenvalue weighted by Gasteiger charge is -2.58. The average Bonchev–Trinajstić information content (AvgIpc) is 2.90. The van der Waals surface area contributed by atoms with Gasteiger partial charge in [0.1, 0.15) is 6.54 Å². The maximum atomic E-state index is 14.0. The van der Waals surface area contributed by atoms with Gasteiger partial charge in [0, 0.05) is 23.5 Å². The lowest BCUT2D eigenvalue weighted by atomic mass is 9.82. The average molecular weight is 515 g/mol. The molecule has 190 valence electrons. The van der Waals surface area contributed by atoms with Gasteiger partial charge in [0.05, 0.1) is 30.3 Å². The zero-order valence-corrected chi connectivity index (χ0v) is 20.1. The molecule has 1 spiro atoms. The molecule has 9 heteroatoms. The van der Waals surface area contributed by atoms with Crippen LogP contribution in [-0.2, 0) is 22.3 Å². The van der Waals surface area contributed by atoms with Crippen molar-refractivity contribution in [1.29, 1.82) is 5.26 Å². The van der Waals surface area contributed by atoms with E-state index in [1.165, 1.54) is 21.9 Å². The van der Waals surface area contributed by atoms with Gasteiger partial charge in [0.2, 0.25) is 5.91 Å². The number of nitriles is 1. The van der Waals surface area contributed by atoms with Gasteiger partial charge in [0.15, 0.2) is 5.54 Å². The van der Waals surface area contributed by atoms with Crippen LogP contribution in [0.15, 0.2) is 72.8 Å². The first-order chi connectivity index (χ1) is 18.1. The van der Waals surface area contributed by atoms with Crippen molar-refractivity contribution in [1.82, 2.24) is 4.90 Å². The number of benzene rings is 3. The summed E-state index contributed by atoms with van der Waals surface area (Å²) >= 11 is 0. The highest BCUT2D eigenvalue weighted by Gasteiger charge is 2.59. The van der Waals surface area contributed by atoms with Gasteiger partial charge in [-0.15, -0.1) is 6.42 Å². The normalized spacial score (nSPS) is 16.7. The minimum absolute atomic E-state index is 0.00616. The van der Waals surface area contributed by atoms with Crippen molar-refractivity contribution in [3.63, 3.8) is 0 Å². The van der Waals surface area contributed by atoms with Crippen LogP contribution in [0.25, 0.3) is 0 Å². The number of rotatable bonds is 4. The summed E-state index contributed by atoms with van der Waals surface area (Å²) in [7, 11) is 0. The number of anilines is 2. The Hall–Kier alpha value is -4.76. The van der Waals surface area contributed by atoms with Crippen LogP contribution in [0, 0.1) is 23.7 Å². The molecular formula is C29H21F3N4O2. The maximum Gasteiger partial charge on any atom is 0.416 e. The first kappa shape index (κ1) is 24.9. The lowest BCUT2D eigenvalue weighted by Crippen LogP contribution is -2.81. The molecule has 0 radical (unpaired) electrons. The number of nitrogens with zero attached hydrogens (tertiary/aromatic N) is 4. The molecule has 2 fully saturated rings. The van der Waals surface area contributed by atoms with Crippen molar-refractivity contribution in [2.24, 2.45) is 0 Å². The molecule has 5 rings (SSSR count). The molecule has 0 bridgehead atoms. The number of alkyl halides is 3. The molecule has 2 amide bonds. The molecule has 2 aliphatic heterocycles. The number of terminal acetylenes is 1. The number of piperazine rings is 1.